The Kier molecular flexibility index (Phi) is 4.58. The van der Waals surface area contributed by atoms with E-state index in [0.717, 1.165) is 46.8 Å². The molecule has 2 aromatic heterocycles. The molecule has 0 spiro atoms. The normalized spacial score (nSPS) is 13.0. The van der Waals surface area contributed by atoms with Crippen molar-refractivity contribution in [2.45, 2.75) is 33.2 Å². The van der Waals surface area contributed by atoms with E-state index in [9.17, 15) is 4.79 Å². The molecule has 1 aliphatic rings. The van der Waals surface area contributed by atoms with E-state index >= 15 is 0 Å². The molecule has 27 heavy (non-hydrogen) atoms. The number of aromatic nitrogens is 4. The van der Waals surface area contributed by atoms with Crippen LogP contribution < -0.4 is 10.1 Å². The summed E-state index contributed by atoms with van der Waals surface area (Å²) in [7, 11) is 0. The van der Waals surface area contributed by atoms with Crippen LogP contribution >= 0.6 is 0 Å². The zero-order valence-electron chi connectivity index (χ0n) is 15.4. The summed E-state index contributed by atoms with van der Waals surface area (Å²) >= 11 is 0. The van der Waals surface area contributed by atoms with Crippen molar-refractivity contribution < 1.29 is 9.53 Å². The highest BCUT2D eigenvalue weighted by Crippen LogP contribution is 2.29. The maximum Gasteiger partial charge on any atom is 0.236 e. The van der Waals surface area contributed by atoms with Gasteiger partial charge in [0, 0.05) is 37.3 Å². The lowest BCUT2D eigenvalue weighted by molar-refractivity contribution is -0.116. The highest BCUT2D eigenvalue weighted by atomic mass is 16.5. The Morgan fingerprint density at radius 3 is 2.78 bits per heavy atom. The summed E-state index contributed by atoms with van der Waals surface area (Å²) in [5.74, 6) is 1.38. The predicted molar refractivity (Wildman–Crippen MR) is 102 cm³/mol. The maximum atomic E-state index is 11.3. The van der Waals surface area contributed by atoms with Gasteiger partial charge in [-0.1, -0.05) is 18.2 Å². The van der Waals surface area contributed by atoms with Crippen LogP contribution in [0.3, 0.4) is 0 Å². The van der Waals surface area contributed by atoms with Crippen LogP contribution in [-0.2, 0) is 17.8 Å². The van der Waals surface area contributed by atoms with Gasteiger partial charge in [0.05, 0.1) is 12.8 Å². The number of anilines is 2. The molecule has 0 atom stereocenters. The van der Waals surface area contributed by atoms with Crippen molar-refractivity contribution in [2.75, 3.05) is 11.9 Å². The van der Waals surface area contributed by atoms with E-state index in [1.807, 2.05) is 23.7 Å². The second-order valence-corrected chi connectivity index (χ2v) is 6.73. The second kappa shape index (κ2) is 7.19. The molecule has 1 aromatic carbocycles. The molecular weight excluding hydrogens is 342 g/mol. The van der Waals surface area contributed by atoms with Crippen LogP contribution in [0.25, 0.3) is 11.1 Å². The van der Waals surface area contributed by atoms with Gasteiger partial charge in [-0.25, -0.2) is 14.6 Å². The van der Waals surface area contributed by atoms with E-state index in [1.54, 1.807) is 25.5 Å². The Balaban J connectivity index is 1.51. The molecular formula is C20H21N5O2. The first kappa shape index (κ1) is 17.2. The molecule has 0 radical (unpaired) electrons. The van der Waals surface area contributed by atoms with Crippen molar-refractivity contribution in [3.05, 3.63) is 47.9 Å². The van der Waals surface area contributed by atoms with E-state index in [1.165, 1.54) is 0 Å². The fraction of sp³-hybridized carbons (Fsp3) is 0.300. The number of Topliss-reactive ketones (excluding diaryl/α,β-unsaturated/α-hetero) is 1. The van der Waals surface area contributed by atoms with Crippen LogP contribution in [-0.4, -0.2) is 32.1 Å². The Bertz CT molecular complexity index is 979. The van der Waals surface area contributed by atoms with Crippen molar-refractivity contribution >= 4 is 17.4 Å². The van der Waals surface area contributed by atoms with Crippen molar-refractivity contribution in [1.29, 1.82) is 0 Å². The number of rotatable bonds is 5. The SMILES string of the molecule is CC(=O)Cc1ccc(-c2cnc(Nc3cnn4c3OCCC4)nc2)cc1C. The number of ether oxygens (including phenoxy) is 1. The van der Waals surface area contributed by atoms with Gasteiger partial charge < -0.3 is 10.1 Å². The molecule has 138 valence electrons. The van der Waals surface area contributed by atoms with E-state index in [4.69, 9.17) is 4.74 Å². The average molecular weight is 363 g/mol. The number of nitrogens with one attached hydrogen (secondary N) is 1. The Hall–Kier alpha value is -3.22. The van der Waals surface area contributed by atoms with Gasteiger partial charge in [-0.05, 0) is 30.5 Å². The highest BCUT2D eigenvalue weighted by molar-refractivity contribution is 5.79. The minimum absolute atomic E-state index is 0.163. The summed E-state index contributed by atoms with van der Waals surface area (Å²) in [4.78, 5) is 20.2. The summed E-state index contributed by atoms with van der Waals surface area (Å²) in [5, 5.41) is 7.47. The molecule has 7 nitrogen and oxygen atoms in total. The van der Waals surface area contributed by atoms with Crippen LogP contribution in [0.2, 0.25) is 0 Å². The lowest BCUT2D eigenvalue weighted by atomic mass is 9.99. The lowest BCUT2D eigenvalue weighted by Crippen LogP contribution is -2.15. The molecule has 3 heterocycles. The second-order valence-electron chi connectivity index (χ2n) is 6.73. The predicted octanol–water partition coefficient (Wildman–Crippen LogP) is 3.31. The van der Waals surface area contributed by atoms with Crippen molar-refractivity contribution in [1.82, 2.24) is 19.7 Å². The van der Waals surface area contributed by atoms with E-state index < -0.39 is 0 Å². The van der Waals surface area contributed by atoms with Crippen LogP contribution in [0.1, 0.15) is 24.5 Å². The molecule has 0 saturated heterocycles. The molecule has 0 saturated carbocycles. The Morgan fingerprint density at radius 2 is 2.04 bits per heavy atom. The van der Waals surface area contributed by atoms with Gasteiger partial charge in [-0.3, -0.25) is 4.79 Å². The third-order valence-electron chi connectivity index (χ3n) is 4.56. The van der Waals surface area contributed by atoms with E-state index in [0.29, 0.717) is 19.0 Å². The van der Waals surface area contributed by atoms with E-state index in [-0.39, 0.29) is 5.78 Å². The number of carbonyl (C=O) groups is 1. The van der Waals surface area contributed by atoms with Gasteiger partial charge >= 0.3 is 0 Å². The number of carbonyl (C=O) groups excluding carboxylic acids is 1. The zero-order chi connectivity index (χ0) is 18.8. The third-order valence-corrected chi connectivity index (χ3v) is 4.56. The minimum atomic E-state index is 0.163. The molecule has 4 rings (SSSR count). The topological polar surface area (TPSA) is 81.9 Å². The molecule has 0 bridgehead atoms. The van der Waals surface area contributed by atoms with Gasteiger partial charge in [-0.15, -0.1) is 0 Å². The zero-order valence-corrected chi connectivity index (χ0v) is 15.4. The quantitative estimate of drug-likeness (QED) is 0.749. The number of hydrogen-bond donors (Lipinski definition) is 1. The summed E-state index contributed by atoms with van der Waals surface area (Å²) in [6.45, 7) is 5.17. The van der Waals surface area contributed by atoms with Crippen LogP contribution in [0, 0.1) is 6.92 Å². The number of fused-ring (bicyclic) bond motifs is 1. The fourth-order valence-electron chi connectivity index (χ4n) is 3.16. The van der Waals surface area contributed by atoms with Crippen molar-refractivity contribution in [3.63, 3.8) is 0 Å². The standard InChI is InChI=1S/C20H21N5O2/c1-13-8-16(5-4-15(13)9-14(2)26)17-10-21-20(22-11-17)24-18-12-23-25-6-3-7-27-19(18)25/h4-5,8,10-12H,3,6-7,9H2,1-2H3,(H,21,22,24). The number of ketones is 1. The van der Waals surface area contributed by atoms with Gasteiger partial charge in [0.15, 0.2) is 0 Å². The van der Waals surface area contributed by atoms with Gasteiger partial charge in [0.25, 0.3) is 0 Å². The molecule has 0 fully saturated rings. The summed E-state index contributed by atoms with van der Waals surface area (Å²) in [5.41, 5.74) is 4.86. The number of benzene rings is 1. The monoisotopic (exact) mass is 363 g/mol. The van der Waals surface area contributed by atoms with Gasteiger partial charge in [0.1, 0.15) is 11.5 Å². The van der Waals surface area contributed by atoms with Crippen LogP contribution in [0.15, 0.2) is 36.8 Å². The molecule has 3 aromatic rings. The number of hydrogen-bond acceptors (Lipinski definition) is 6. The smallest absolute Gasteiger partial charge is 0.236 e. The molecule has 7 heteroatoms. The summed E-state index contributed by atoms with van der Waals surface area (Å²) in [6, 6.07) is 6.06. The molecule has 1 N–H and O–H groups in total. The number of nitrogens with zero attached hydrogens (tertiary/aromatic N) is 4. The van der Waals surface area contributed by atoms with Crippen LogP contribution in [0.5, 0.6) is 5.88 Å². The Morgan fingerprint density at radius 1 is 1.22 bits per heavy atom. The summed E-state index contributed by atoms with van der Waals surface area (Å²) in [6.07, 6.45) is 6.72. The fourth-order valence-corrected chi connectivity index (χ4v) is 3.16. The minimum Gasteiger partial charge on any atom is -0.476 e. The summed E-state index contributed by atoms with van der Waals surface area (Å²) < 4.78 is 7.51. The highest BCUT2D eigenvalue weighted by Gasteiger charge is 2.17. The molecule has 0 aliphatic carbocycles. The van der Waals surface area contributed by atoms with Crippen molar-refractivity contribution in [2.24, 2.45) is 0 Å². The first-order valence-electron chi connectivity index (χ1n) is 8.97. The Labute approximate surface area is 157 Å². The van der Waals surface area contributed by atoms with Gasteiger partial charge in [0.2, 0.25) is 11.8 Å². The largest absolute Gasteiger partial charge is 0.476 e. The van der Waals surface area contributed by atoms with Crippen LogP contribution in [0.4, 0.5) is 11.6 Å². The molecule has 0 amide bonds. The van der Waals surface area contributed by atoms with E-state index in [2.05, 4.69) is 26.4 Å². The van der Waals surface area contributed by atoms with Crippen molar-refractivity contribution in [3.8, 4) is 17.0 Å². The first-order chi connectivity index (χ1) is 13.1. The molecule has 0 unspecified atom stereocenters. The lowest BCUT2D eigenvalue weighted by Gasteiger charge is -2.16. The van der Waals surface area contributed by atoms with Gasteiger partial charge in [-0.2, -0.15) is 5.10 Å². The third kappa shape index (κ3) is 3.67. The molecule has 1 aliphatic heterocycles. The number of aryl methyl sites for hydroxylation is 2. The maximum absolute atomic E-state index is 11.3. The first-order valence-corrected chi connectivity index (χ1v) is 8.97. The average Bonchev–Trinajstić information content (AvgIpc) is 3.07.